The predicted molar refractivity (Wildman–Crippen MR) is 126 cm³/mol. The Morgan fingerprint density at radius 1 is 0.788 bits per heavy atom. The third-order valence-corrected chi connectivity index (χ3v) is 4.79. The monoisotopic (exact) mass is 448 g/mol. The first kappa shape index (κ1) is 21.9. The van der Waals surface area contributed by atoms with E-state index in [-0.39, 0.29) is 5.91 Å². The van der Waals surface area contributed by atoms with Gasteiger partial charge in [-0.25, -0.2) is 9.59 Å². The van der Waals surface area contributed by atoms with Gasteiger partial charge in [0, 0.05) is 33.2 Å². The van der Waals surface area contributed by atoms with E-state index in [1.807, 2.05) is 0 Å². The largest absolute Gasteiger partial charge is 0.464 e. The molecule has 170 valence electrons. The first-order chi connectivity index (χ1) is 15.6. The number of benzene rings is 2. The lowest BCUT2D eigenvalue weighted by molar-refractivity contribution is 0.0592. The fourth-order valence-electron chi connectivity index (χ4n) is 3.38. The minimum absolute atomic E-state index is 0.323. The highest BCUT2D eigenvalue weighted by Crippen LogP contribution is 2.24. The van der Waals surface area contributed by atoms with Crippen LogP contribution >= 0.6 is 0 Å². The van der Waals surface area contributed by atoms with Crippen molar-refractivity contribution < 1.29 is 23.9 Å². The number of fused-ring (bicyclic) bond motifs is 2. The summed E-state index contributed by atoms with van der Waals surface area (Å²) >= 11 is 0. The number of amides is 2. The highest BCUT2D eigenvalue weighted by molar-refractivity contribution is 6.07. The number of methoxy groups -OCH3 is 1. The van der Waals surface area contributed by atoms with Gasteiger partial charge >= 0.3 is 12.1 Å². The molecule has 2 amide bonds. The predicted octanol–water partition coefficient (Wildman–Crippen LogP) is 5.04. The molecule has 2 aromatic heterocycles. The van der Waals surface area contributed by atoms with Gasteiger partial charge in [-0.1, -0.05) is 0 Å². The minimum atomic E-state index is -0.599. The number of H-pyrrole nitrogens is 2. The van der Waals surface area contributed by atoms with Gasteiger partial charge in [-0.05, 0) is 69.3 Å². The Hall–Kier alpha value is -4.27. The van der Waals surface area contributed by atoms with E-state index in [0.717, 1.165) is 21.8 Å². The van der Waals surface area contributed by atoms with E-state index in [0.29, 0.717) is 22.8 Å². The number of ether oxygens (including phenoxy) is 2. The molecule has 9 nitrogen and oxygen atoms in total. The van der Waals surface area contributed by atoms with E-state index < -0.39 is 17.7 Å². The summed E-state index contributed by atoms with van der Waals surface area (Å²) in [5, 5.41) is 7.06. The molecule has 4 N–H and O–H groups in total. The van der Waals surface area contributed by atoms with Gasteiger partial charge in [0.1, 0.15) is 17.0 Å². The average molecular weight is 448 g/mol. The number of hydrogen-bond donors (Lipinski definition) is 4. The zero-order valence-corrected chi connectivity index (χ0v) is 18.7. The molecule has 2 aromatic carbocycles. The third kappa shape index (κ3) is 4.98. The highest BCUT2D eigenvalue weighted by atomic mass is 16.6. The van der Waals surface area contributed by atoms with Gasteiger partial charge < -0.3 is 24.8 Å². The number of carbonyl (C=O) groups excluding carboxylic acids is 3. The Morgan fingerprint density at radius 3 is 1.91 bits per heavy atom. The molecular weight excluding hydrogens is 424 g/mol. The van der Waals surface area contributed by atoms with E-state index in [2.05, 4.69) is 20.6 Å². The molecule has 4 aromatic rings. The quantitative estimate of drug-likeness (QED) is 0.326. The van der Waals surface area contributed by atoms with Crippen LogP contribution in [0.4, 0.5) is 16.2 Å². The molecule has 0 aliphatic carbocycles. The number of nitrogens with one attached hydrogen (secondary N) is 4. The van der Waals surface area contributed by atoms with E-state index in [1.165, 1.54) is 7.11 Å². The van der Waals surface area contributed by atoms with Crippen LogP contribution in [0.1, 0.15) is 41.7 Å². The van der Waals surface area contributed by atoms with Crippen molar-refractivity contribution in [3.8, 4) is 0 Å². The van der Waals surface area contributed by atoms with Gasteiger partial charge in [-0.2, -0.15) is 0 Å². The van der Waals surface area contributed by atoms with Crippen molar-refractivity contribution in [2.45, 2.75) is 26.4 Å². The molecule has 0 saturated carbocycles. The molecule has 0 atom stereocenters. The number of aromatic nitrogens is 2. The second-order valence-corrected chi connectivity index (χ2v) is 8.54. The number of aromatic amines is 2. The minimum Gasteiger partial charge on any atom is -0.464 e. The first-order valence-corrected chi connectivity index (χ1v) is 10.3. The van der Waals surface area contributed by atoms with Crippen LogP contribution in [0.3, 0.4) is 0 Å². The molecule has 0 unspecified atom stereocenters. The van der Waals surface area contributed by atoms with Crippen molar-refractivity contribution in [3.05, 3.63) is 59.9 Å². The summed E-state index contributed by atoms with van der Waals surface area (Å²) in [7, 11) is 1.32. The zero-order valence-electron chi connectivity index (χ0n) is 18.7. The normalized spacial score (nSPS) is 11.4. The molecule has 0 bridgehead atoms. The van der Waals surface area contributed by atoms with Gasteiger partial charge in [-0.3, -0.25) is 10.1 Å². The van der Waals surface area contributed by atoms with Gasteiger partial charge in [-0.15, -0.1) is 0 Å². The summed E-state index contributed by atoms with van der Waals surface area (Å²) in [6.45, 7) is 5.37. The summed E-state index contributed by atoms with van der Waals surface area (Å²) in [6.07, 6.45) is -0.550. The average Bonchev–Trinajstić information content (AvgIpc) is 3.35. The molecule has 4 rings (SSSR count). The van der Waals surface area contributed by atoms with E-state index >= 15 is 0 Å². The molecule has 0 aliphatic heterocycles. The summed E-state index contributed by atoms with van der Waals surface area (Å²) in [5.74, 6) is -0.786. The number of esters is 1. The Bertz CT molecular complexity index is 1380. The molecule has 33 heavy (non-hydrogen) atoms. The lowest BCUT2D eigenvalue weighted by Gasteiger charge is -2.19. The molecule has 0 radical (unpaired) electrons. The second-order valence-electron chi connectivity index (χ2n) is 8.54. The maximum absolute atomic E-state index is 12.8. The van der Waals surface area contributed by atoms with Crippen molar-refractivity contribution in [1.82, 2.24) is 9.97 Å². The lowest BCUT2D eigenvalue weighted by Crippen LogP contribution is -2.27. The first-order valence-electron chi connectivity index (χ1n) is 10.3. The fraction of sp³-hybridized carbons (Fsp3) is 0.208. The summed E-state index contributed by atoms with van der Waals surface area (Å²) < 4.78 is 9.99. The molecule has 0 fully saturated rings. The highest BCUT2D eigenvalue weighted by Gasteiger charge is 2.17. The van der Waals surface area contributed by atoms with E-state index in [4.69, 9.17) is 9.47 Å². The van der Waals surface area contributed by atoms with Crippen molar-refractivity contribution in [3.63, 3.8) is 0 Å². The number of rotatable bonds is 4. The van der Waals surface area contributed by atoms with Crippen molar-refractivity contribution in [2.75, 3.05) is 17.7 Å². The van der Waals surface area contributed by atoms with E-state index in [9.17, 15) is 14.4 Å². The Labute approximate surface area is 189 Å². The van der Waals surface area contributed by atoms with Crippen LogP contribution < -0.4 is 10.6 Å². The number of hydrogen-bond acceptors (Lipinski definition) is 5. The van der Waals surface area contributed by atoms with Gasteiger partial charge in [0.25, 0.3) is 5.91 Å². The Balaban J connectivity index is 1.50. The Morgan fingerprint density at radius 2 is 1.33 bits per heavy atom. The van der Waals surface area contributed by atoms with Gasteiger partial charge in [0.15, 0.2) is 0 Å². The SMILES string of the molecule is COC(=O)c1cc2cc(NC(=O)c3cc4cc(NC(=O)OC(C)(C)C)ccc4[nH]3)ccc2[nH]1. The van der Waals surface area contributed by atoms with Crippen LogP contribution in [0.5, 0.6) is 0 Å². The standard InChI is InChI=1S/C24H24N4O5/c1-24(2,3)33-23(31)26-16-6-8-17-13(10-16)11-19(27-17)21(29)25-15-5-7-18-14(9-15)12-20(28-18)22(30)32-4/h5-12,27-28H,1-4H3,(H,25,29)(H,26,31). The van der Waals surface area contributed by atoms with Crippen LogP contribution in [0, 0.1) is 0 Å². The van der Waals surface area contributed by atoms with Crippen molar-refractivity contribution in [1.29, 1.82) is 0 Å². The molecule has 2 heterocycles. The molecule has 0 spiro atoms. The van der Waals surface area contributed by atoms with Crippen molar-refractivity contribution >= 4 is 51.2 Å². The van der Waals surface area contributed by atoms with E-state index in [1.54, 1.807) is 69.3 Å². The van der Waals surface area contributed by atoms with Crippen molar-refractivity contribution in [2.24, 2.45) is 0 Å². The summed E-state index contributed by atoms with van der Waals surface area (Å²) in [4.78, 5) is 42.5. The smallest absolute Gasteiger partial charge is 0.412 e. The number of anilines is 2. The zero-order chi connectivity index (χ0) is 23.8. The second kappa shape index (κ2) is 8.34. The van der Waals surface area contributed by atoms with Crippen LogP contribution in [-0.4, -0.2) is 40.6 Å². The van der Waals surface area contributed by atoms with Crippen LogP contribution in [-0.2, 0) is 9.47 Å². The molecule has 0 saturated heterocycles. The fourth-order valence-corrected chi connectivity index (χ4v) is 3.38. The molecule has 0 aliphatic rings. The number of carbonyl (C=O) groups is 3. The topological polar surface area (TPSA) is 125 Å². The van der Waals surface area contributed by atoms with Crippen LogP contribution in [0.15, 0.2) is 48.5 Å². The molecule has 9 heteroatoms. The van der Waals surface area contributed by atoms with Gasteiger partial charge in [0.05, 0.1) is 7.11 Å². The maximum Gasteiger partial charge on any atom is 0.412 e. The molecular formula is C24H24N4O5. The third-order valence-electron chi connectivity index (χ3n) is 4.79. The van der Waals surface area contributed by atoms with Crippen LogP contribution in [0.2, 0.25) is 0 Å². The van der Waals surface area contributed by atoms with Gasteiger partial charge in [0.2, 0.25) is 0 Å². The Kier molecular flexibility index (Phi) is 5.55. The maximum atomic E-state index is 12.8. The summed E-state index contributed by atoms with van der Waals surface area (Å²) in [6, 6.07) is 13.9. The summed E-state index contributed by atoms with van der Waals surface area (Å²) in [5.41, 5.74) is 2.74. The van der Waals surface area contributed by atoms with Crippen LogP contribution in [0.25, 0.3) is 21.8 Å². The lowest BCUT2D eigenvalue weighted by atomic mass is 10.2.